The van der Waals surface area contributed by atoms with Crippen molar-refractivity contribution in [1.82, 2.24) is 25.0 Å². The first-order valence-corrected chi connectivity index (χ1v) is 10.5. The van der Waals surface area contributed by atoms with Gasteiger partial charge in [0.1, 0.15) is 5.69 Å². The van der Waals surface area contributed by atoms with Crippen molar-refractivity contribution >= 4 is 17.4 Å². The third-order valence-electron chi connectivity index (χ3n) is 5.64. The SMILES string of the molecule is CC(NC(=O)Nc1cn(C)nc1-c1ccncc1)c1ccc(N2CCN(C)CC2)cc1. The van der Waals surface area contributed by atoms with E-state index in [1.807, 2.05) is 26.1 Å². The molecule has 0 aliphatic carbocycles. The minimum atomic E-state index is -0.265. The second-order valence-corrected chi connectivity index (χ2v) is 8.00. The van der Waals surface area contributed by atoms with Gasteiger partial charge in [0.25, 0.3) is 0 Å². The van der Waals surface area contributed by atoms with Crippen LogP contribution in [0.3, 0.4) is 0 Å². The van der Waals surface area contributed by atoms with Crippen LogP contribution in [0.25, 0.3) is 11.3 Å². The van der Waals surface area contributed by atoms with Crippen molar-refractivity contribution in [2.75, 3.05) is 43.4 Å². The molecule has 4 rings (SSSR count). The lowest BCUT2D eigenvalue weighted by molar-refractivity contribution is 0.249. The van der Waals surface area contributed by atoms with Gasteiger partial charge >= 0.3 is 6.03 Å². The van der Waals surface area contributed by atoms with E-state index in [1.165, 1.54) is 5.69 Å². The fourth-order valence-electron chi connectivity index (χ4n) is 3.78. The summed E-state index contributed by atoms with van der Waals surface area (Å²) >= 11 is 0. The highest BCUT2D eigenvalue weighted by Crippen LogP contribution is 2.26. The number of likely N-dealkylation sites (N-methyl/N-ethyl adjacent to an activating group) is 1. The van der Waals surface area contributed by atoms with Gasteiger partial charge in [-0.1, -0.05) is 12.1 Å². The maximum Gasteiger partial charge on any atom is 0.319 e. The van der Waals surface area contributed by atoms with Gasteiger partial charge in [0.2, 0.25) is 0 Å². The molecule has 1 aliphatic rings. The molecule has 1 saturated heterocycles. The number of pyridine rings is 1. The summed E-state index contributed by atoms with van der Waals surface area (Å²) in [5.41, 5.74) is 4.56. The molecule has 1 aliphatic heterocycles. The average Bonchev–Trinajstić information content (AvgIpc) is 3.14. The molecule has 2 N–H and O–H groups in total. The van der Waals surface area contributed by atoms with Gasteiger partial charge in [0.15, 0.2) is 0 Å². The van der Waals surface area contributed by atoms with E-state index in [0.29, 0.717) is 11.4 Å². The fourth-order valence-corrected chi connectivity index (χ4v) is 3.78. The third kappa shape index (κ3) is 5.03. The molecule has 1 aromatic carbocycles. The van der Waals surface area contributed by atoms with Crippen molar-refractivity contribution in [3.63, 3.8) is 0 Å². The summed E-state index contributed by atoms with van der Waals surface area (Å²) in [5, 5.41) is 10.4. The number of urea groups is 1. The van der Waals surface area contributed by atoms with Crippen LogP contribution in [0.5, 0.6) is 0 Å². The van der Waals surface area contributed by atoms with Crippen LogP contribution >= 0.6 is 0 Å². The minimum Gasteiger partial charge on any atom is -0.369 e. The van der Waals surface area contributed by atoms with Crippen LogP contribution < -0.4 is 15.5 Å². The Kier molecular flexibility index (Phi) is 6.18. The molecular formula is C23H29N7O. The van der Waals surface area contributed by atoms with Crippen molar-refractivity contribution in [3.8, 4) is 11.3 Å². The van der Waals surface area contributed by atoms with Crippen molar-refractivity contribution in [1.29, 1.82) is 0 Å². The lowest BCUT2D eigenvalue weighted by Crippen LogP contribution is -2.44. The van der Waals surface area contributed by atoms with E-state index in [0.717, 1.165) is 37.3 Å². The second-order valence-electron chi connectivity index (χ2n) is 8.00. The molecule has 3 aromatic rings. The number of piperazine rings is 1. The zero-order valence-electron chi connectivity index (χ0n) is 18.2. The summed E-state index contributed by atoms with van der Waals surface area (Å²) in [4.78, 5) is 21.4. The van der Waals surface area contributed by atoms with Gasteiger partial charge < -0.3 is 20.4 Å². The van der Waals surface area contributed by atoms with Gasteiger partial charge in [-0.2, -0.15) is 5.10 Å². The molecule has 8 nitrogen and oxygen atoms in total. The second kappa shape index (κ2) is 9.18. The summed E-state index contributed by atoms with van der Waals surface area (Å²) in [6.45, 7) is 6.22. The molecule has 0 spiro atoms. The average molecular weight is 420 g/mol. The largest absolute Gasteiger partial charge is 0.369 e. The molecular weight excluding hydrogens is 390 g/mol. The first-order valence-electron chi connectivity index (χ1n) is 10.5. The lowest BCUT2D eigenvalue weighted by atomic mass is 10.1. The van der Waals surface area contributed by atoms with E-state index in [4.69, 9.17) is 0 Å². The molecule has 1 atom stereocenters. The Morgan fingerprint density at radius 2 is 1.68 bits per heavy atom. The molecule has 162 valence electrons. The van der Waals surface area contributed by atoms with Crippen LogP contribution in [0, 0.1) is 0 Å². The predicted octanol–water partition coefficient (Wildman–Crippen LogP) is 3.12. The third-order valence-corrected chi connectivity index (χ3v) is 5.64. The summed E-state index contributed by atoms with van der Waals surface area (Å²) in [7, 11) is 3.99. The standard InChI is InChI=1S/C23H29N7O/c1-17(18-4-6-20(7-5-18)30-14-12-28(2)13-15-30)25-23(31)26-21-16-29(3)27-22(21)19-8-10-24-11-9-19/h4-11,16-17H,12-15H2,1-3H3,(H2,25,26,31). The predicted molar refractivity (Wildman–Crippen MR) is 123 cm³/mol. The van der Waals surface area contributed by atoms with Crippen LogP contribution in [0.4, 0.5) is 16.2 Å². The molecule has 0 saturated carbocycles. The Bertz CT molecular complexity index is 1010. The van der Waals surface area contributed by atoms with Crippen molar-refractivity contribution < 1.29 is 4.79 Å². The Morgan fingerprint density at radius 3 is 2.35 bits per heavy atom. The van der Waals surface area contributed by atoms with E-state index in [2.05, 4.69) is 61.8 Å². The summed E-state index contributed by atoms with van der Waals surface area (Å²) in [5.74, 6) is 0. The van der Waals surface area contributed by atoms with Gasteiger partial charge in [-0.3, -0.25) is 9.67 Å². The van der Waals surface area contributed by atoms with E-state index in [1.54, 1.807) is 23.3 Å². The van der Waals surface area contributed by atoms with Crippen LogP contribution in [0.15, 0.2) is 55.0 Å². The fraction of sp³-hybridized carbons (Fsp3) is 0.348. The van der Waals surface area contributed by atoms with Crippen molar-refractivity contribution in [3.05, 3.63) is 60.6 Å². The molecule has 31 heavy (non-hydrogen) atoms. The Labute approximate surface area is 182 Å². The zero-order chi connectivity index (χ0) is 21.8. The highest BCUT2D eigenvalue weighted by atomic mass is 16.2. The maximum atomic E-state index is 12.6. The number of aromatic nitrogens is 3. The van der Waals surface area contributed by atoms with Crippen LogP contribution in [0.2, 0.25) is 0 Å². The van der Waals surface area contributed by atoms with Gasteiger partial charge in [-0.15, -0.1) is 0 Å². The molecule has 2 amide bonds. The number of benzene rings is 1. The Hall–Kier alpha value is -3.39. The number of carbonyl (C=O) groups is 1. The highest BCUT2D eigenvalue weighted by molar-refractivity contribution is 5.93. The first-order chi connectivity index (χ1) is 15.0. The van der Waals surface area contributed by atoms with Gasteiger partial charge in [0, 0.05) is 63.1 Å². The molecule has 2 aromatic heterocycles. The quantitative estimate of drug-likeness (QED) is 0.664. The van der Waals surface area contributed by atoms with Gasteiger partial charge in [0.05, 0.1) is 11.7 Å². The summed E-state index contributed by atoms with van der Waals surface area (Å²) < 4.78 is 1.69. The molecule has 1 unspecified atom stereocenters. The van der Waals surface area contributed by atoms with E-state index in [9.17, 15) is 4.79 Å². The minimum absolute atomic E-state index is 0.123. The Morgan fingerprint density at radius 1 is 1.00 bits per heavy atom. The van der Waals surface area contributed by atoms with E-state index >= 15 is 0 Å². The summed E-state index contributed by atoms with van der Waals surface area (Å²) in [6, 6.07) is 11.8. The normalized spacial score (nSPS) is 15.5. The highest BCUT2D eigenvalue weighted by Gasteiger charge is 2.17. The number of anilines is 2. The molecule has 0 radical (unpaired) electrons. The monoisotopic (exact) mass is 419 g/mol. The van der Waals surface area contributed by atoms with Crippen molar-refractivity contribution in [2.24, 2.45) is 7.05 Å². The topological polar surface area (TPSA) is 78.3 Å². The van der Waals surface area contributed by atoms with Gasteiger partial charge in [-0.05, 0) is 43.8 Å². The number of hydrogen-bond acceptors (Lipinski definition) is 5. The van der Waals surface area contributed by atoms with Gasteiger partial charge in [-0.25, -0.2) is 4.79 Å². The number of carbonyl (C=O) groups excluding carboxylic acids is 1. The van der Waals surface area contributed by atoms with Crippen LogP contribution in [0.1, 0.15) is 18.5 Å². The lowest BCUT2D eigenvalue weighted by Gasteiger charge is -2.34. The summed E-state index contributed by atoms with van der Waals surface area (Å²) in [6.07, 6.45) is 5.22. The molecule has 0 bridgehead atoms. The number of amides is 2. The molecule has 3 heterocycles. The van der Waals surface area contributed by atoms with Crippen LogP contribution in [-0.4, -0.2) is 58.9 Å². The number of hydrogen-bond donors (Lipinski definition) is 2. The van der Waals surface area contributed by atoms with E-state index < -0.39 is 0 Å². The number of nitrogens with one attached hydrogen (secondary N) is 2. The van der Waals surface area contributed by atoms with Crippen molar-refractivity contribution in [2.45, 2.75) is 13.0 Å². The Balaban J connectivity index is 1.38. The zero-order valence-corrected chi connectivity index (χ0v) is 18.2. The number of aryl methyl sites for hydroxylation is 1. The molecule has 8 heteroatoms. The van der Waals surface area contributed by atoms with E-state index in [-0.39, 0.29) is 12.1 Å². The number of rotatable bonds is 5. The smallest absolute Gasteiger partial charge is 0.319 e. The maximum absolute atomic E-state index is 12.6. The number of nitrogens with zero attached hydrogens (tertiary/aromatic N) is 5. The van der Waals surface area contributed by atoms with Crippen LogP contribution in [-0.2, 0) is 7.05 Å². The molecule has 1 fully saturated rings. The first kappa shape index (κ1) is 20.9.